The number of aliphatic carboxylic acids is 1. The zero-order chi connectivity index (χ0) is 25.3. The van der Waals surface area contributed by atoms with Gasteiger partial charge in [0.05, 0.1) is 5.75 Å². The molecule has 2 atom stereocenters. The molecule has 0 aliphatic rings. The Kier molecular flexibility index (Phi) is 9.23. The van der Waals surface area contributed by atoms with E-state index in [2.05, 4.69) is 0 Å². The Balaban J connectivity index is 1.95. The van der Waals surface area contributed by atoms with Gasteiger partial charge in [-0.2, -0.15) is 0 Å². The highest BCUT2D eigenvalue weighted by molar-refractivity contribution is 7.99. The van der Waals surface area contributed by atoms with Crippen LogP contribution in [0.4, 0.5) is 4.79 Å². The summed E-state index contributed by atoms with van der Waals surface area (Å²) in [6.45, 7) is 1.57. The molecule has 0 spiro atoms. The number of amides is 1. The maximum atomic E-state index is 14.0. The molecule has 3 aromatic carbocycles. The van der Waals surface area contributed by atoms with Crippen molar-refractivity contribution in [3.8, 4) is 11.5 Å². The van der Waals surface area contributed by atoms with E-state index in [1.165, 1.54) is 0 Å². The van der Waals surface area contributed by atoms with Crippen molar-refractivity contribution in [2.45, 2.75) is 25.1 Å². The van der Waals surface area contributed by atoms with Crippen molar-refractivity contribution in [1.82, 2.24) is 4.90 Å². The first-order valence-corrected chi connectivity index (χ1v) is 13.9. The molecule has 184 valence electrons. The molecule has 2 unspecified atom stereocenters. The average Bonchev–Trinajstić information content (AvgIpc) is 2.85. The molecule has 10 heteroatoms. The van der Waals surface area contributed by atoms with Crippen molar-refractivity contribution in [3.05, 3.63) is 96.6 Å². The fraction of sp³-hybridized carbons (Fsp3) is 0.200. The molecule has 0 saturated heterocycles. The fourth-order valence-corrected chi connectivity index (χ4v) is 6.18. The standard InChI is InChI=1S/C25H26NO7PS/c1-2-23(24(27)28)26(25(29)35(31)18-20-12-6-3-7-13-20)19-34(30,32-21-14-8-4-9-15-21)33-22-16-10-5-11-17-22/h3-17,23H,2,18-19H2,1H3,(H,27,28). The summed E-state index contributed by atoms with van der Waals surface area (Å²) in [5, 5.41) is 8.81. The Bertz CT molecular complexity index is 1150. The molecule has 0 fully saturated rings. The number of carbonyl (C=O) groups is 2. The zero-order valence-corrected chi connectivity index (χ0v) is 20.8. The Hall–Kier alpha value is -3.42. The van der Waals surface area contributed by atoms with Crippen LogP contribution < -0.4 is 9.05 Å². The number of rotatable bonds is 11. The smallest absolute Gasteiger partial charge is 0.450 e. The number of para-hydroxylation sites is 2. The summed E-state index contributed by atoms with van der Waals surface area (Å²) < 4.78 is 38.3. The van der Waals surface area contributed by atoms with E-state index in [1.54, 1.807) is 97.9 Å². The Morgan fingerprint density at radius 2 is 1.34 bits per heavy atom. The Labute approximate surface area is 206 Å². The Morgan fingerprint density at radius 1 is 0.886 bits per heavy atom. The van der Waals surface area contributed by atoms with Crippen LogP contribution in [0.5, 0.6) is 11.5 Å². The van der Waals surface area contributed by atoms with E-state index in [9.17, 15) is 23.5 Å². The molecule has 35 heavy (non-hydrogen) atoms. The highest BCUT2D eigenvalue weighted by Crippen LogP contribution is 2.49. The minimum Gasteiger partial charge on any atom is -0.480 e. The van der Waals surface area contributed by atoms with Gasteiger partial charge in [0.1, 0.15) is 34.6 Å². The first-order valence-electron chi connectivity index (χ1n) is 10.9. The number of hydrogen-bond acceptors (Lipinski definition) is 6. The van der Waals surface area contributed by atoms with Gasteiger partial charge in [-0.1, -0.05) is 73.7 Å². The lowest BCUT2D eigenvalue weighted by molar-refractivity contribution is -0.141. The van der Waals surface area contributed by atoms with Crippen molar-refractivity contribution in [2.24, 2.45) is 0 Å². The van der Waals surface area contributed by atoms with Gasteiger partial charge in [0.15, 0.2) is 0 Å². The molecule has 0 aliphatic heterocycles. The SMILES string of the molecule is CCC(C(=O)O)N(CP(=O)(Oc1ccccc1)Oc1ccccc1)C(=O)S(=O)Cc1ccccc1. The average molecular weight is 516 g/mol. The monoisotopic (exact) mass is 515 g/mol. The third kappa shape index (κ3) is 7.53. The maximum absolute atomic E-state index is 14.0. The van der Waals surface area contributed by atoms with Crippen molar-refractivity contribution < 1.29 is 32.5 Å². The minimum atomic E-state index is -4.19. The van der Waals surface area contributed by atoms with E-state index in [0.717, 1.165) is 4.90 Å². The van der Waals surface area contributed by atoms with Gasteiger partial charge in [0.25, 0.3) is 0 Å². The Morgan fingerprint density at radius 3 is 1.77 bits per heavy atom. The number of benzene rings is 3. The molecule has 0 radical (unpaired) electrons. The molecular formula is C25H26NO7PS. The van der Waals surface area contributed by atoms with Gasteiger partial charge in [-0.15, -0.1) is 0 Å². The second-order valence-corrected chi connectivity index (χ2v) is 10.7. The molecule has 1 N–H and O–H groups in total. The highest BCUT2D eigenvalue weighted by Gasteiger charge is 2.40. The van der Waals surface area contributed by atoms with Gasteiger partial charge in [-0.25, -0.2) is 13.6 Å². The largest absolute Gasteiger partial charge is 0.480 e. The molecular weight excluding hydrogens is 489 g/mol. The molecule has 0 heterocycles. The van der Waals surface area contributed by atoms with E-state index in [-0.39, 0.29) is 23.7 Å². The van der Waals surface area contributed by atoms with Gasteiger partial charge in [-0.3, -0.25) is 4.79 Å². The van der Waals surface area contributed by atoms with E-state index in [1.807, 2.05) is 0 Å². The summed E-state index contributed by atoms with van der Waals surface area (Å²) in [7, 11) is -6.32. The van der Waals surface area contributed by atoms with Crippen molar-refractivity contribution >= 4 is 29.6 Å². The predicted molar refractivity (Wildman–Crippen MR) is 134 cm³/mol. The predicted octanol–water partition coefficient (Wildman–Crippen LogP) is 5.53. The molecule has 0 aromatic heterocycles. The fourth-order valence-electron chi connectivity index (χ4n) is 3.28. The second-order valence-electron chi connectivity index (χ2n) is 7.53. The van der Waals surface area contributed by atoms with E-state index >= 15 is 0 Å². The molecule has 8 nitrogen and oxygen atoms in total. The van der Waals surface area contributed by atoms with Crippen LogP contribution in [0, 0.1) is 0 Å². The lowest BCUT2D eigenvalue weighted by Crippen LogP contribution is -2.46. The van der Waals surface area contributed by atoms with Crippen molar-refractivity contribution in [3.63, 3.8) is 0 Å². The van der Waals surface area contributed by atoms with E-state index in [0.29, 0.717) is 5.56 Å². The first-order chi connectivity index (χ1) is 16.8. The van der Waals surface area contributed by atoms with E-state index < -0.39 is 41.9 Å². The number of carbonyl (C=O) groups excluding carboxylic acids is 1. The quantitative estimate of drug-likeness (QED) is 0.334. The van der Waals surface area contributed by atoms with Crippen LogP contribution >= 0.6 is 7.60 Å². The van der Waals surface area contributed by atoms with Crippen LogP contribution in [0.1, 0.15) is 18.9 Å². The van der Waals surface area contributed by atoms with Crippen LogP contribution in [0.3, 0.4) is 0 Å². The third-order valence-electron chi connectivity index (χ3n) is 4.92. The molecule has 3 rings (SSSR count). The van der Waals surface area contributed by atoms with Gasteiger partial charge in [0.2, 0.25) is 0 Å². The highest BCUT2D eigenvalue weighted by atomic mass is 32.2. The van der Waals surface area contributed by atoms with E-state index in [4.69, 9.17) is 9.05 Å². The summed E-state index contributed by atoms with van der Waals surface area (Å²) >= 11 is 0. The third-order valence-corrected chi connectivity index (χ3v) is 7.77. The number of carboxylic acids is 1. The molecule has 0 aliphatic carbocycles. The maximum Gasteiger partial charge on any atom is 0.450 e. The van der Waals surface area contributed by atoms with Crippen LogP contribution in [-0.4, -0.2) is 37.8 Å². The van der Waals surface area contributed by atoms with Crippen molar-refractivity contribution in [2.75, 3.05) is 6.29 Å². The molecule has 0 saturated carbocycles. The number of nitrogens with zero attached hydrogens (tertiary/aromatic N) is 1. The zero-order valence-electron chi connectivity index (χ0n) is 19.1. The van der Waals surface area contributed by atoms with Gasteiger partial charge in [-0.05, 0) is 36.2 Å². The molecule has 0 bridgehead atoms. The van der Waals surface area contributed by atoms with Crippen LogP contribution in [0.15, 0.2) is 91.0 Å². The topological polar surface area (TPSA) is 110 Å². The van der Waals surface area contributed by atoms with Crippen molar-refractivity contribution in [1.29, 1.82) is 0 Å². The van der Waals surface area contributed by atoms with Gasteiger partial charge >= 0.3 is 18.8 Å². The lowest BCUT2D eigenvalue weighted by atomic mass is 10.2. The molecule has 3 aromatic rings. The lowest BCUT2D eigenvalue weighted by Gasteiger charge is -2.31. The van der Waals surface area contributed by atoms with Crippen LogP contribution in [0.25, 0.3) is 0 Å². The van der Waals surface area contributed by atoms with Gasteiger partial charge in [0, 0.05) is 0 Å². The summed E-state index contributed by atoms with van der Waals surface area (Å²) in [5.74, 6) is -1.00. The molecule has 1 amide bonds. The minimum absolute atomic E-state index is 0.000282. The van der Waals surface area contributed by atoms with Gasteiger partial charge < -0.3 is 19.1 Å². The summed E-state index contributed by atoms with van der Waals surface area (Å²) in [4.78, 5) is 26.1. The summed E-state index contributed by atoms with van der Waals surface area (Å²) in [6, 6.07) is 23.8. The normalized spacial score (nSPS) is 12.8. The number of carboxylic acid groups (broad SMARTS) is 1. The number of hydrogen-bond donors (Lipinski definition) is 1. The summed E-state index contributed by atoms with van der Waals surface area (Å²) in [5.41, 5.74) is 0.645. The summed E-state index contributed by atoms with van der Waals surface area (Å²) in [6.07, 6.45) is -0.707. The first kappa shape index (κ1) is 26.2. The second kappa shape index (κ2) is 12.3. The van der Waals surface area contributed by atoms with Crippen LogP contribution in [0.2, 0.25) is 0 Å². The van der Waals surface area contributed by atoms with Crippen LogP contribution in [-0.2, 0) is 25.9 Å².